The molecule has 0 radical (unpaired) electrons. The lowest BCUT2D eigenvalue weighted by atomic mass is 10.1. The number of carbonyl (C=O) groups excluding carboxylic acids is 1. The minimum Gasteiger partial charge on any atom is -0.422 e. The van der Waals surface area contributed by atoms with Gasteiger partial charge in [-0.15, -0.1) is 11.3 Å². The molecule has 0 aliphatic carbocycles. The van der Waals surface area contributed by atoms with Gasteiger partial charge in [-0.3, -0.25) is 0 Å². The van der Waals surface area contributed by atoms with Crippen LogP contribution in [0.25, 0.3) is 22.1 Å². The molecule has 26 heavy (non-hydrogen) atoms. The average Bonchev–Trinajstić information content (AvgIpc) is 3.11. The molecule has 4 rings (SSSR count). The van der Waals surface area contributed by atoms with Crippen LogP contribution in [0.2, 0.25) is 0 Å². The summed E-state index contributed by atoms with van der Waals surface area (Å²) in [6, 6.07) is 26.5. The van der Waals surface area contributed by atoms with Crippen LogP contribution < -0.4 is 0 Å². The van der Waals surface area contributed by atoms with E-state index in [9.17, 15) is 4.79 Å². The largest absolute Gasteiger partial charge is 0.422 e. The highest BCUT2D eigenvalue weighted by Crippen LogP contribution is 2.27. The maximum absolute atomic E-state index is 12.5. The molecule has 0 amide bonds. The Bertz CT molecular complexity index is 1040. The van der Waals surface area contributed by atoms with Gasteiger partial charge in [0, 0.05) is 11.6 Å². The smallest absolute Gasteiger partial charge is 0.343 e. The summed E-state index contributed by atoms with van der Waals surface area (Å²) < 4.78 is 6.81. The molecule has 0 aliphatic heterocycles. The third-order valence-corrected chi connectivity index (χ3v) is 4.82. The second-order valence-corrected chi connectivity index (χ2v) is 6.71. The van der Waals surface area contributed by atoms with Gasteiger partial charge in [0.05, 0.1) is 15.8 Å². The molecule has 4 heteroatoms. The molecule has 4 aromatic rings. The van der Waals surface area contributed by atoms with Crippen molar-refractivity contribution in [3.63, 3.8) is 0 Å². The Morgan fingerprint density at radius 2 is 1.42 bits per heavy atom. The summed E-state index contributed by atoms with van der Waals surface area (Å²) in [4.78, 5) is 17.1. The number of aromatic nitrogens is 1. The Morgan fingerprint density at radius 3 is 2.12 bits per heavy atom. The minimum atomic E-state index is -0.387. The molecule has 0 atom stereocenters. The Morgan fingerprint density at radius 1 is 0.808 bits per heavy atom. The van der Waals surface area contributed by atoms with Crippen LogP contribution in [0, 0.1) is 0 Å². The first-order valence-corrected chi connectivity index (χ1v) is 9.01. The number of thiazole rings is 1. The Balaban J connectivity index is 1.72. The molecular formula is C22H15NO2S. The van der Waals surface area contributed by atoms with Crippen molar-refractivity contribution in [2.24, 2.45) is 0 Å². The van der Waals surface area contributed by atoms with Gasteiger partial charge in [0.15, 0.2) is 0 Å². The number of fused-ring (bicyclic) bond motifs is 1. The highest BCUT2D eigenvalue weighted by molar-refractivity contribution is 7.19. The second-order valence-electron chi connectivity index (χ2n) is 5.65. The highest BCUT2D eigenvalue weighted by Gasteiger charge is 2.13. The van der Waals surface area contributed by atoms with Crippen LogP contribution >= 0.6 is 11.3 Å². The van der Waals surface area contributed by atoms with Crippen molar-refractivity contribution in [1.29, 1.82) is 0 Å². The van der Waals surface area contributed by atoms with E-state index in [4.69, 9.17) is 4.74 Å². The first-order valence-electron chi connectivity index (χ1n) is 8.19. The normalized spacial score (nSPS) is 11.5. The van der Waals surface area contributed by atoms with Gasteiger partial charge in [-0.05, 0) is 24.3 Å². The predicted molar refractivity (Wildman–Crippen MR) is 106 cm³/mol. The first kappa shape index (κ1) is 16.2. The molecule has 1 heterocycles. The molecule has 0 bridgehead atoms. The quantitative estimate of drug-likeness (QED) is 0.350. The van der Waals surface area contributed by atoms with Crippen molar-refractivity contribution in [1.82, 2.24) is 4.98 Å². The zero-order chi connectivity index (χ0) is 17.8. The van der Waals surface area contributed by atoms with Crippen LogP contribution in [0.1, 0.15) is 20.9 Å². The first-order chi connectivity index (χ1) is 12.8. The molecule has 3 aromatic carbocycles. The summed E-state index contributed by atoms with van der Waals surface area (Å²) in [5.41, 5.74) is 2.28. The van der Waals surface area contributed by atoms with Crippen molar-refractivity contribution >= 4 is 39.4 Å². The zero-order valence-corrected chi connectivity index (χ0v) is 14.6. The maximum atomic E-state index is 12.5. The number of hydrogen-bond acceptors (Lipinski definition) is 4. The minimum absolute atomic E-state index is 0.387. The van der Waals surface area contributed by atoms with Crippen molar-refractivity contribution in [2.75, 3.05) is 0 Å². The summed E-state index contributed by atoms with van der Waals surface area (Å²) in [6.07, 6.45) is 1.82. The summed E-state index contributed by atoms with van der Waals surface area (Å²) in [5, 5.41) is 0.797. The van der Waals surface area contributed by atoms with Crippen molar-refractivity contribution in [2.45, 2.75) is 0 Å². The summed E-state index contributed by atoms with van der Waals surface area (Å²) >= 11 is 1.56. The SMILES string of the molecule is O=C(O/C(=C/c1nc2ccccc2s1)c1ccccc1)c1ccccc1. The topological polar surface area (TPSA) is 39.2 Å². The predicted octanol–water partition coefficient (Wildman–Crippen LogP) is 5.65. The van der Waals surface area contributed by atoms with E-state index in [-0.39, 0.29) is 5.97 Å². The van der Waals surface area contributed by atoms with Gasteiger partial charge < -0.3 is 4.74 Å². The van der Waals surface area contributed by atoms with Crippen LogP contribution in [0.5, 0.6) is 0 Å². The van der Waals surface area contributed by atoms with Gasteiger partial charge in [-0.2, -0.15) is 0 Å². The Hall–Kier alpha value is -3.24. The average molecular weight is 357 g/mol. The molecular weight excluding hydrogens is 342 g/mol. The van der Waals surface area contributed by atoms with Gasteiger partial charge in [0.2, 0.25) is 0 Å². The molecule has 0 fully saturated rings. The highest BCUT2D eigenvalue weighted by atomic mass is 32.1. The summed E-state index contributed by atoms with van der Waals surface area (Å²) in [6.45, 7) is 0. The maximum Gasteiger partial charge on any atom is 0.343 e. The van der Waals surface area contributed by atoms with Gasteiger partial charge in [-0.25, -0.2) is 9.78 Å². The summed E-state index contributed by atoms with van der Waals surface area (Å²) in [7, 11) is 0. The Kier molecular flexibility index (Phi) is 4.58. The zero-order valence-electron chi connectivity index (χ0n) is 13.8. The standard InChI is InChI=1S/C22H15NO2S/c24-22(17-11-5-2-6-12-17)25-19(16-9-3-1-4-10-16)15-21-23-18-13-7-8-14-20(18)26-21/h1-15H/b19-15+. The number of hydrogen-bond donors (Lipinski definition) is 0. The molecule has 0 spiro atoms. The van der Waals surface area contributed by atoms with E-state index in [0.717, 1.165) is 20.8 Å². The monoisotopic (exact) mass is 357 g/mol. The molecule has 0 saturated carbocycles. The van der Waals surface area contributed by atoms with Crippen molar-refractivity contribution in [3.05, 3.63) is 101 Å². The number of benzene rings is 3. The number of esters is 1. The van der Waals surface area contributed by atoms with E-state index in [1.54, 1.807) is 23.5 Å². The number of rotatable bonds is 4. The van der Waals surface area contributed by atoms with Gasteiger partial charge in [0.1, 0.15) is 10.8 Å². The van der Waals surface area contributed by atoms with Crippen LogP contribution in [0.4, 0.5) is 0 Å². The lowest BCUT2D eigenvalue weighted by molar-refractivity contribution is 0.0693. The van der Waals surface area contributed by atoms with E-state index < -0.39 is 0 Å². The second kappa shape index (κ2) is 7.33. The third kappa shape index (κ3) is 3.55. The molecule has 3 nitrogen and oxygen atoms in total. The van der Waals surface area contributed by atoms with Crippen molar-refractivity contribution < 1.29 is 9.53 Å². The fraction of sp³-hybridized carbons (Fsp3) is 0. The van der Waals surface area contributed by atoms with Crippen LogP contribution in [-0.2, 0) is 4.74 Å². The fourth-order valence-corrected chi connectivity index (χ4v) is 3.47. The third-order valence-electron chi connectivity index (χ3n) is 3.84. The van der Waals surface area contributed by atoms with Crippen molar-refractivity contribution in [3.8, 4) is 0 Å². The summed E-state index contributed by atoms with van der Waals surface area (Å²) in [5.74, 6) is 0.0975. The number of ether oxygens (including phenoxy) is 1. The van der Waals surface area contributed by atoms with Crippen LogP contribution in [0.15, 0.2) is 84.9 Å². The van der Waals surface area contributed by atoms with Crippen LogP contribution in [0.3, 0.4) is 0 Å². The molecule has 0 N–H and O–H groups in total. The molecule has 126 valence electrons. The van der Waals surface area contributed by atoms with Crippen LogP contribution in [-0.4, -0.2) is 11.0 Å². The molecule has 0 unspecified atom stereocenters. The van der Waals surface area contributed by atoms with Gasteiger partial charge >= 0.3 is 5.97 Å². The molecule has 0 saturated heterocycles. The molecule has 1 aromatic heterocycles. The number of nitrogens with zero attached hydrogens (tertiary/aromatic N) is 1. The lowest BCUT2D eigenvalue weighted by Crippen LogP contribution is -2.04. The number of carbonyl (C=O) groups is 1. The number of para-hydroxylation sites is 1. The van der Waals surface area contributed by atoms with E-state index in [2.05, 4.69) is 4.98 Å². The molecule has 0 aliphatic rings. The van der Waals surface area contributed by atoms with Gasteiger partial charge in [0.25, 0.3) is 0 Å². The van der Waals surface area contributed by atoms with E-state index in [1.165, 1.54) is 0 Å². The Labute approximate surface area is 155 Å². The fourth-order valence-electron chi connectivity index (χ4n) is 2.57. The lowest BCUT2D eigenvalue weighted by Gasteiger charge is -2.09. The van der Waals surface area contributed by atoms with E-state index in [0.29, 0.717) is 11.3 Å². The van der Waals surface area contributed by atoms with Gasteiger partial charge in [-0.1, -0.05) is 60.7 Å². The van der Waals surface area contributed by atoms with E-state index >= 15 is 0 Å². The van der Waals surface area contributed by atoms with E-state index in [1.807, 2.05) is 78.9 Å².